The molecule has 0 heterocycles. The Morgan fingerprint density at radius 3 is 2.36 bits per heavy atom. The van der Waals surface area contributed by atoms with Crippen LogP contribution in [0.3, 0.4) is 0 Å². The van der Waals surface area contributed by atoms with E-state index in [0.29, 0.717) is 0 Å². The first-order valence-corrected chi connectivity index (χ1v) is 9.24. The first kappa shape index (κ1) is 21.4. The molecule has 0 radical (unpaired) electrons. The van der Waals surface area contributed by atoms with E-state index in [2.05, 4.69) is 4.74 Å². The molecule has 0 bridgehead atoms. The van der Waals surface area contributed by atoms with Gasteiger partial charge in [0, 0.05) is 25.2 Å². The average Bonchev–Trinajstić information content (AvgIpc) is 2.67. The Kier molecular flexibility index (Phi) is 6.10. The molecule has 0 saturated carbocycles. The number of nitro benzene ring substituents is 1. The summed E-state index contributed by atoms with van der Waals surface area (Å²) in [5, 5.41) is 11.0. The number of benzene rings is 2. The van der Waals surface area contributed by atoms with Crippen LogP contribution in [0.5, 0.6) is 0 Å². The zero-order valence-electron chi connectivity index (χ0n) is 15.0. The molecular formula is C17H16F2N2O6S. The molecule has 2 aromatic rings. The van der Waals surface area contributed by atoms with Gasteiger partial charge in [-0.1, -0.05) is 6.07 Å². The second-order valence-electron chi connectivity index (χ2n) is 5.80. The number of carbonyl (C=O) groups is 1. The third-order valence-corrected chi connectivity index (χ3v) is 6.18. The summed E-state index contributed by atoms with van der Waals surface area (Å²) in [4.78, 5) is 21.5. The smallest absolute Gasteiger partial charge is 0.339 e. The summed E-state index contributed by atoms with van der Waals surface area (Å²) in [5.41, 5.74) is -0.785. The minimum absolute atomic E-state index is 0.148. The van der Waals surface area contributed by atoms with Gasteiger partial charge < -0.3 is 4.74 Å². The summed E-state index contributed by atoms with van der Waals surface area (Å²) in [6.45, 7) is 1.42. The molecular weight excluding hydrogens is 398 g/mol. The Morgan fingerprint density at radius 1 is 1.18 bits per heavy atom. The molecule has 1 atom stereocenters. The summed E-state index contributed by atoms with van der Waals surface area (Å²) in [6, 6.07) is 4.65. The largest absolute Gasteiger partial charge is 0.465 e. The highest BCUT2D eigenvalue weighted by Crippen LogP contribution is 2.30. The van der Waals surface area contributed by atoms with Gasteiger partial charge in [-0.05, 0) is 30.7 Å². The van der Waals surface area contributed by atoms with Crippen molar-refractivity contribution in [3.63, 3.8) is 0 Å². The molecule has 0 aliphatic heterocycles. The lowest BCUT2D eigenvalue weighted by Gasteiger charge is -2.25. The third-order valence-electron chi connectivity index (χ3n) is 4.21. The molecule has 0 fully saturated rings. The second-order valence-corrected chi connectivity index (χ2v) is 7.77. The number of ether oxygens (including phenoxy) is 1. The third kappa shape index (κ3) is 3.99. The molecule has 0 spiro atoms. The van der Waals surface area contributed by atoms with Gasteiger partial charge >= 0.3 is 5.97 Å². The number of non-ortho nitro benzene ring substituents is 1. The molecule has 150 valence electrons. The zero-order valence-corrected chi connectivity index (χ0v) is 15.9. The van der Waals surface area contributed by atoms with Crippen LogP contribution in [0.25, 0.3) is 0 Å². The van der Waals surface area contributed by atoms with Gasteiger partial charge in [-0.25, -0.2) is 22.0 Å². The van der Waals surface area contributed by atoms with Crippen molar-refractivity contribution in [1.29, 1.82) is 0 Å². The summed E-state index contributed by atoms with van der Waals surface area (Å²) < 4.78 is 58.1. The summed E-state index contributed by atoms with van der Waals surface area (Å²) in [7, 11) is -2.25. The van der Waals surface area contributed by atoms with Gasteiger partial charge in [0.05, 0.1) is 17.6 Å². The Bertz CT molecular complexity index is 1040. The fourth-order valence-corrected chi connectivity index (χ4v) is 4.01. The van der Waals surface area contributed by atoms with Crippen LogP contribution in [0.2, 0.25) is 0 Å². The number of carbonyl (C=O) groups excluding carboxylic acids is 1. The van der Waals surface area contributed by atoms with E-state index in [1.807, 2.05) is 0 Å². The molecule has 0 aliphatic carbocycles. The van der Waals surface area contributed by atoms with Crippen LogP contribution in [-0.2, 0) is 14.8 Å². The average molecular weight is 414 g/mol. The van der Waals surface area contributed by atoms with Crippen LogP contribution in [0.15, 0.2) is 41.3 Å². The van der Waals surface area contributed by atoms with Crippen molar-refractivity contribution < 1.29 is 31.7 Å². The SMILES string of the molecule is COC(=O)c1ccc([N+](=O)[O-])cc1S(=O)(=O)N(C)[C@H](C)c1ccc(F)c(F)c1. The zero-order chi connectivity index (χ0) is 21.2. The lowest BCUT2D eigenvalue weighted by molar-refractivity contribution is -0.385. The quantitative estimate of drug-likeness (QED) is 0.409. The van der Waals surface area contributed by atoms with Crippen molar-refractivity contribution in [2.24, 2.45) is 0 Å². The molecule has 0 N–H and O–H groups in total. The Balaban J connectivity index is 2.57. The van der Waals surface area contributed by atoms with Gasteiger partial charge in [0.15, 0.2) is 11.6 Å². The maximum Gasteiger partial charge on any atom is 0.339 e. The van der Waals surface area contributed by atoms with Crippen molar-refractivity contribution in [2.45, 2.75) is 17.9 Å². The van der Waals surface area contributed by atoms with E-state index < -0.39 is 54.7 Å². The number of methoxy groups -OCH3 is 1. The van der Waals surface area contributed by atoms with Gasteiger partial charge in [-0.3, -0.25) is 10.1 Å². The van der Waals surface area contributed by atoms with Crippen LogP contribution in [0.1, 0.15) is 28.9 Å². The molecule has 0 unspecified atom stereocenters. The summed E-state index contributed by atoms with van der Waals surface area (Å²) in [6.07, 6.45) is 0. The predicted molar refractivity (Wildman–Crippen MR) is 94.2 cm³/mol. The summed E-state index contributed by atoms with van der Waals surface area (Å²) >= 11 is 0. The van der Waals surface area contributed by atoms with E-state index in [0.717, 1.165) is 48.8 Å². The normalized spacial score (nSPS) is 12.6. The van der Waals surface area contributed by atoms with Crippen molar-refractivity contribution in [2.75, 3.05) is 14.2 Å². The van der Waals surface area contributed by atoms with Gasteiger partial charge in [0.2, 0.25) is 10.0 Å². The number of halogens is 2. The lowest BCUT2D eigenvalue weighted by Crippen LogP contribution is -2.31. The molecule has 0 aromatic heterocycles. The monoisotopic (exact) mass is 414 g/mol. The van der Waals surface area contributed by atoms with E-state index in [-0.39, 0.29) is 5.56 Å². The molecule has 28 heavy (non-hydrogen) atoms. The van der Waals surface area contributed by atoms with Crippen molar-refractivity contribution >= 4 is 21.7 Å². The molecule has 2 aromatic carbocycles. The highest BCUT2D eigenvalue weighted by molar-refractivity contribution is 7.89. The number of sulfonamides is 1. The molecule has 2 rings (SSSR count). The highest BCUT2D eigenvalue weighted by Gasteiger charge is 2.32. The molecule has 0 saturated heterocycles. The number of nitrogens with zero attached hydrogens (tertiary/aromatic N) is 2. The van der Waals surface area contributed by atoms with Crippen LogP contribution in [0.4, 0.5) is 14.5 Å². The van der Waals surface area contributed by atoms with Gasteiger partial charge in [0.1, 0.15) is 4.90 Å². The van der Waals surface area contributed by atoms with Crippen LogP contribution < -0.4 is 0 Å². The van der Waals surface area contributed by atoms with Crippen LogP contribution in [-0.4, -0.2) is 37.8 Å². The minimum Gasteiger partial charge on any atom is -0.465 e. The fourth-order valence-electron chi connectivity index (χ4n) is 2.46. The standard InChI is InChI=1S/C17H16F2N2O6S/c1-10(11-4-7-14(18)15(19)8-11)20(2)28(25,26)16-9-12(21(23)24)5-6-13(16)17(22)27-3/h4-10H,1-3H3/t10-/m1/s1. The maximum atomic E-state index is 13.5. The maximum absolute atomic E-state index is 13.5. The first-order chi connectivity index (χ1) is 13.0. The van der Waals surface area contributed by atoms with E-state index >= 15 is 0 Å². The van der Waals surface area contributed by atoms with Crippen molar-refractivity contribution in [3.8, 4) is 0 Å². The molecule has 8 nitrogen and oxygen atoms in total. The van der Waals surface area contributed by atoms with E-state index in [1.165, 1.54) is 13.0 Å². The van der Waals surface area contributed by atoms with Crippen LogP contribution in [0, 0.1) is 21.7 Å². The van der Waals surface area contributed by atoms with E-state index in [9.17, 15) is 32.1 Å². The fraction of sp³-hybridized carbons (Fsp3) is 0.235. The predicted octanol–water partition coefficient (Wildman–Crippen LogP) is 3.04. The molecule has 0 aliphatic rings. The Morgan fingerprint density at radius 2 is 1.82 bits per heavy atom. The molecule has 0 amide bonds. The van der Waals surface area contributed by atoms with Crippen molar-refractivity contribution in [3.05, 3.63) is 69.3 Å². The first-order valence-electron chi connectivity index (χ1n) is 7.80. The highest BCUT2D eigenvalue weighted by atomic mass is 32.2. The van der Waals surface area contributed by atoms with E-state index in [4.69, 9.17) is 0 Å². The number of nitro groups is 1. The Labute approximate surface area is 159 Å². The number of hydrogen-bond acceptors (Lipinski definition) is 6. The van der Waals surface area contributed by atoms with Gasteiger partial charge in [-0.15, -0.1) is 0 Å². The van der Waals surface area contributed by atoms with E-state index in [1.54, 1.807) is 0 Å². The Hall–Kier alpha value is -2.92. The summed E-state index contributed by atoms with van der Waals surface area (Å²) in [5.74, 6) is -3.24. The lowest BCUT2D eigenvalue weighted by atomic mass is 10.1. The number of hydrogen-bond donors (Lipinski definition) is 0. The molecule has 11 heteroatoms. The second kappa shape index (κ2) is 7.98. The number of esters is 1. The minimum atomic E-state index is -4.44. The van der Waals surface area contributed by atoms with Gasteiger partial charge in [0.25, 0.3) is 5.69 Å². The van der Waals surface area contributed by atoms with Gasteiger partial charge in [-0.2, -0.15) is 4.31 Å². The topological polar surface area (TPSA) is 107 Å². The van der Waals surface area contributed by atoms with Crippen LogP contribution >= 0.6 is 0 Å². The number of rotatable bonds is 6. The van der Waals surface area contributed by atoms with Crippen molar-refractivity contribution in [1.82, 2.24) is 4.31 Å².